The van der Waals surface area contributed by atoms with Gasteiger partial charge in [-0.05, 0) is 32.8 Å². The summed E-state index contributed by atoms with van der Waals surface area (Å²) in [7, 11) is 0. The summed E-state index contributed by atoms with van der Waals surface area (Å²) in [5, 5.41) is 12.3. The third-order valence-electron chi connectivity index (χ3n) is 2.98. The Morgan fingerprint density at radius 1 is 1.29 bits per heavy atom. The molecule has 1 unspecified atom stereocenters. The van der Waals surface area contributed by atoms with Crippen molar-refractivity contribution in [1.29, 1.82) is 0 Å². The van der Waals surface area contributed by atoms with Gasteiger partial charge in [0.15, 0.2) is 0 Å². The van der Waals surface area contributed by atoms with Crippen LogP contribution in [0.5, 0.6) is 0 Å². The Morgan fingerprint density at radius 3 is 2.57 bits per heavy atom. The van der Waals surface area contributed by atoms with E-state index in [1.54, 1.807) is 0 Å². The van der Waals surface area contributed by atoms with Crippen LogP contribution in [0.25, 0.3) is 0 Å². The lowest BCUT2D eigenvalue weighted by atomic mass is 10.2. The molecule has 7 nitrogen and oxygen atoms in total. The van der Waals surface area contributed by atoms with Gasteiger partial charge in [-0.15, -0.1) is 0 Å². The number of carbonyl (C=O) groups excluding carboxylic acids is 2. The first-order chi connectivity index (χ1) is 9.92. The smallest absolute Gasteiger partial charge is 0.315 e. The summed E-state index contributed by atoms with van der Waals surface area (Å²) in [6, 6.07) is 1.70. The highest BCUT2D eigenvalue weighted by Crippen LogP contribution is 2.05. The fourth-order valence-electron chi connectivity index (χ4n) is 1.97. The summed E-state index contributed by atoms with van der Waals surface area (Å²) >= 11 is 0. The normalized spacial score (nSPS) is 11.8. The SMILES string of the molecule is CCNC(=O)CNC(=O)NCC(C)Cn1nc(C)cc1C. The molecule has 118 valence electrons. The third kappa shape index (κ3) is 6.29. The number of carbonyl (C=O) groups is 2. The van der Waals surface area contributed by atoms with Crippen LogP contribution in [0.2, 0.25) is 0 Å². The lowest BCUT2D eigenvalue weighted by molar-refractivity contribution is -0.119. The molecule has 1 rings (SSSR count). The van der Waals surface area contributed by atoms with Crippen LogP contribution in [-0.2, 0) is 11.3 Å². The molecule has 1 aromatic heterocycles. The van der Waals surface area contributed by atoms with Crippen LogP contribution in [0.3, 0.4) is 0 Å². The zero-order valence-corrected chi connectivity index (χ0v) is 13.2. The van der Waals surface area contributed by atoms with Gasteiger partial charge in [-0.25, -0.2) is 4.79 Å². The fraction of sp³-hybridized carbons (Fsp3) is 0.643. The minimum absolute atomic E-state index is 0.00842. The molecule has 0 aliphatic heterocycles. The van der Waals surface area contributed by atoms with Crippen LogP contribution >= 0.6 is 0 Å². The highest BCUT2D eigenvalue weighted by atomic mass is 16.2. The first kappa shape index (κ1) is 17.0. The van der Waals surface area contributed by atoms with Crippen molar-refractivity contribution in [3.05, 3.63) is 17.5 Å². The molecule has 3 N–H and O–H groups in total. The maximum atomic E-state index is 11.6. The summed E-state index contributed by atoms with van der Waals surface area (Å²) < 4.78 is 1.94. The average molecular weight is 295 g/mol. The van der Waals surface area contributed by atoms with Crippen molar-refractivity contribution in [2.75, 3.05) is 19.6 Å². The lowest BCUT2D eigenvalue weighted by Gasteiger charge is -2.14. The van der Waals surface area contributed by atoms with E-state index in [1.165, 1.54) is 0 Å². The van der Waals surface area contributed by atoms with Gasteiger partial charge in [-0.1, -0.05) is 6.92 Å². The van der Waals surface area contributed by atoms with Gasteiger partial charge in [-0.2, -0.15) is 5.10 Å². The number of amides is 3. The van der Waals surface area contributed by atoms with Gasteiger partial charge in [0, 0.05) is 25.3 Å². The van der Waals surface area contributed by atoms with Crippen molar-refractivity contribution in [2.24, 2.45) is 5.92 Å². The first-order valence-electron chi connectivity index (χ1n) is 7.21. The highest BCUT2D eigenvalue weighted by Gasteiger charge is 2.09. The quantitative estimate of drug-likeness (QED) is 0.687. The lowest BCUT2D eigenvalue weighted by Crippen LogP contribution is -2.43. The molecule has 0 bridgehead atoms. The zero-order chi connectivity index (χ0) is 15.8. The molecule has 3 amide bonds. The van der Waals surface area contributed by atoms with Gasteiger partial charge < -0.3 is 16.0 Å². The van der Waals surface area contributed by atoms with Crippen LogP contribution in [0.15, 0.2) is 6.07 Å². The Bertz CT molecular complexity index is 484. The van der Waals surface area contributed by atoms with E-state index in [0.29, 0.717) is 13.1 Å². The number of rotatable bonds is 7. The predicted octanol–water partition coefficient (Wildman–Crippen LogP) is 0.571. The Balaban J connectivity index is 2.26. The van der Waals surface area contributed by atoms with Gasteiger partial charge in [0.2, 0.25) is 5.91 Å². The minimum Gasteiger partial charge on any atom is -0.355 e. The van der Waals surface area contributed by atoms with E-state index in [0.717, 1.165) is 17.9 Å². The molecule has 0 saturated carbocycles. The molecule has 0 aliphatic carbocycles. The number of nitrogens with zero attached hydrogens (tertiary/aromatic N) is 2. The number of nitrogens with one attached hydrogen (secondary N) is 3. The van der Waals surface area contributed by atoms with Crippen LogP contribution in [0, 0.1) is 19.8 Å². The maximum absolute atomic E-state index is 11.6. The topological polar surface area (TPSA) is 88.0 Å². The van der Waals surface area contributed by atoms with Crippen LogP contribution in [-0.4, -0.2) is 41.4 Å². The van der Waals surface area contributed by atoms with Gasteiger partial charge in [-0.3, -0.25) is 9.48 Å². The zero-order valence-electron chi connectivity index (χ0n) is 13.2. The van der Waals surface area contributed by atoms with E-state index in [1.807, 2.05) is 38.4 Å². The Kier molecular flexibility index (Phi) is 6.71. The summed E-state index contributed by atoms with van der Waals surface area (Å²) in [4.78, 5) is 22.8. The van der Waals surface area contributed by atoms with E-state index < -0.39 is 0 Å². The van der Waals surface area contributed by atoms with Crippen LogP contribution in [0.1, 0.15) is 25.2 Å². The van der Waals surface area contributed by atoms with Crippen molar-refractivity contribution in [1.82, 2.24) is 25.7 Å². The second-order valence-corrected chi connectivity index (χ2v) is 5.23. The highest BCUT2D eigenvalue weighted by molar-refractivity contribution is 5.83. The van der Waals surface area contributed by atoms with E-state index in [9.17, 15) is 9.59 Å². The number of aryl methyl sites for hydroxylation is 2. The largest absolute Gasteiger partial charge is 0.355 e. The van der Waals surface area contributed by atoms with Gasteiger partial charge in [0.1, 0.15) is 0 Å². The number of likely N-dealkylation sites (N-methyl/N-ethyl adjacent to an activating group) is 1. The third-order valence-corrected chi connectivity index (χ3v) is 2.98. The molecule has 0 radical (unpaired) electrons. The van der Waals surface area contributed by atoms with Crippen LogP contribution in [0.4, 0.5) is 4.79 Å². The molecule has 1 aromatic rings. The first-order valence-corrected chi connectivity index (χ1v) is 7.21. The molecule has 0 aromatic carbocycles. The average Bonchev–Trinajstić information content (AvgIpc) is 2.72. The van der Waals surface area contributed by atoms with Gasteiger partial charge >= 0.3 is 6.03 Å². The monoisotopic (exact) mass is 295 g/mol. The standard InChI is InChI=1S/C14H25N5O2/c1-5-15-13(20)8-17-14(21)16-7-10(2)9-19-12(4)6-11(3)18-19/h6,10H,5,7-9H2,1-4H3,(H,15,20)(H2,16,17,21). The molecule has 1 heterocycles. The second-order valence-electron chi connectivity index (χ2n) is 5.23. The number of urea groups is 1. The van der Waals surface area contributed by atoms with Crippen LogP contribution < -0.4 is 16.0 Å². The van der Waals surface area contributed by atoms with Crippen molar-refractivity contribution in [3.8, 4) is 0 Å². The Morgan fingerprint density at radius 2 is 2.00 bits per heavy atom. The molecular weight excluding hydrogens is 270 g/mol. The summed E-state index contributed by atoms with van der Waals surface area (Å²) in [5.41, 5.74) is 2.10. The van der Waals surface area contributed by atoms with E-state index in [4.69, 9.17) is 0 Å². The number of aromatic nitrogens is 2. The molecule has 1 atom stereocenters. The fourth-order valence-corrected chi connectivity index (χ4v) is 1.97. The number of hydrogen-bond acceptors (Lipinski definition) is 3. The summed E-state index contributed by atoms with van der Waals surface area (Å²) in [5.74, 6) is 0.0570. The molecule has 0 spiro atoms. The molecule has 0 aliphatic rings. The Hall–Kier alpha value is -2.05. The van der Waals surface area contributed by atoms with Gasteiger partial charge in [0.05, 0.1) is 12.2 Å². The minimum atomic E-state index is -0.332. The van der Waals surface area contributed by atoms with Crippen molar-refractivity contribution >= 4 is 11.9 Å². The van der Waals surface area contributed by atoms with Gasteiger partial charge in [0.25, 0.3) is 0 Å². The summed E-state index contributed by atoms with van der Waals surface area (Å²) in [6.45, 7) is 9.67. The van der Waals surface area contributed by atoms with Crippen molar-refractivity contribution in [2.45, 2.75) is 34.2 Å². The summed E-state index contributed by atoms with van der Waals surface area (Å²) in [6.07, 6.45) is 0. The molecular formula is C14H25N5O2. The van der Waals surface area contributed by atoms with Crippen molar-refractivity contribution < 1.29 is 9.59 Å². The molecule has 7 heteroatoms. The Labute approximate surface area is 125 Å². The second kappa shape index (κ2) is 8.28. The van der Waals surface area contributed by atoms with E-state index in [-0.39, 0.29) is 24.4 Å². The number of hydrogen-bond donors (Lipinski definition) is 3. The maximum Gasteiger partial charge on any atom is 0.315 e. The van der Waals surface area contributed by atoms with Crippen molar-refractivity contribution in [3.63, 3.8) is 0 Å². The predicted molar refractivity (Wildman–Crippen MR) is 81.0 cm³/mol. The molecule has 21 heavy (non-hydrogen) atoms. The van der Waals surface area contributed by atoms with E-state index >= 15 is 0 Å². The molecule has 0 saturated heterocycles. The molecule has 0 fully saturated rings. The van der Waals surface area contributed by atoms with E-state index in [2.05, 4.69) is 21.0 Å².